The third-order valence-electron chi connectivity index (χ3n) is 6.33. The van der Waals surface area contributed by atoms with E-state index < -0.39 is 29.4 Å². The van der Waals surface area contributed by atoms with Gasteiger partial charge in [0.2, 0.25) is 0 Å². The zero-order valence-electron chi connectivity index (χ0n) is 17.8. The smallest absolute Gasteiger partial charge is 0.388 e. The number of aliphatic hydroxyl groups is 1. The standard InChI is InChI=1S/C22H22F3N5O3/c1-12-18(19-27-8-14(13-2-3-13)10-30(19)29-12)20(32)28-21(6-7-33-11-17(21)31)15-4-5-16(26-9-15)22(23,24)25/h4-5,8-10,13,17,31H,2-3,6-7,11H2,1H3,(H,28,32)/t17-,21-/m1/s1. The average Bonchev–Trinajstić information content (AvgIpc) is 3.56. The first-order valence-electron chi connectivity index (χ1n) is 10.7. The number of nitrogens with one attached hydrogen (secondary N) is 1. The molecule has 5 rings (SSSR count). The van der Waals surface area contributed by atoms with Crippen molar-refractivity contribution in [3.63, 3.8) is 0 Å². The van der Waals surface area contributed by atoms with Gasteiger partial charge in [0.1, 0.15) is 17.4 Å². The first kappa shape index (κ1) is 21.8. The molecule has 1 saturated heterocycles. The Balaban J connectivity index is 1.51. The van der Waals surface area contributed by atoms with Crippen molar-refractivity contribution >= 4 is 11.6 Å². The summed E-state index contributed by atoms with van der Waals surface area (Å²) in [4.78, 5) is 21.4. The number of carbonyl (C=O) groups excluding carboxylic acids is 1. The van der Waals surface area contributed by atoms with Crippen molar-refractivity contribution in [1.82, 2.24) is 24.9 Å². The molecule has 8 nitrogen and oxygen atoms in total. The molecule has 0 radical (unpaired) electrons. The number of hydrogen-bond donors (Lipinski definition) is 2. The molecule has 2 N–H and O–H groups in total. The zero-order valence-corrected chi connectivity index (χ0v) is 17.8. The second-order valence-electron chi connectivity index (χ2n) is 8.59. The van der Waals surface area contributed by atoms with Crippen LogP contribution in [-0.4, -0.2) is 49.9 Å². The lowest BCUT2D eigenvalue weighted by Crippen LogP contribution is -2.58. The molecular formula is C22H22F3N5O3. The van der Waals surface area contributed by atoms with E-state index in [1.54, 1.807) is 17.6 Å². The van der Waals surface area contributed by atoms with Crippen LogP contribution in [0.2, 0.25) is 0 Å². The molecule has 1 aliphatic heterocycles. The molecule has 2 atom stereocenters. The minimum atomic E-state index is -4.59. The van der Waals surface area contributed by atoms with Crippen LogP contribution < -0.4 is 5.32 Å². The van der Waals surface area contributed by atoms with Gasteiger partial charge in [-0.15, -0.1) is 0 Å². The van der Waals surface area contributed by atoms with Gasteiger partial charge in [-0.3, -0.25) is 9.78 Å². The molecule has 0 unspecified atom stereocenters. The highest BCUT2D eigenvalue weighted by Crippen LogP contribution is 2.40. The van der Waals surface area contributed by atoms with Crippen LogP contribution in [0.5, 0.6) is 0 Å². The van der Waals surface area contributed by atoms with Crippen LogP contribution in [0, 0.1) is 6.92 Å². The number of halogens is 3. The van der Waals surface area contributed by atoms with E-state index >= 15 is 0 Å². The molecule has 33 heavy (non-hydrogen) atoms. The molecule has 11 heteroatoms. The third kappa shape index (κ3) is 3.84. The number of nitrogens with zero attached hydrogens (tertiary/aromatic N) is 4. The van der Waals surface area contributed by atoms with Gasteiger partial charge in [0.05, 0.1) is 17.8 Å². The van der Waals surface area contributed by atoms with E-state index in [9.17, 15) is 23.1 Å². The maximum absolute atomic E-state index is 13.4. The molecule has 3 aromatic heterocycles. The molecule has 1 saturated carbocycles. The molecular weight excluding hydrogens is 439 g/mol. The summed E-state index contributed by atoms with van der Waals surface area (Å²) < 4.78 is 45.8. The lowest BCUT2D eigenvalue weighted by atomic mass is 9.80. The van der Waals surface area contributed by atoms with Gasteiger partial charge in [-0.05, 0) is 42.9 Å². The predicted molar refractivity (Wildman–Crippen MR) is 110 cm³/mol. The molecule has 174 valence electrons. The van der Waals surface area contributed by atoms with E-state index in [-0.39, 0.29) is 30.8 Å². The fraction of sp³-hybridized carbons (Fsp3) is 0.455. The van der Waals surface area contributed by atoms with Gasteiger partial charge in [0, 0.05) is 31.6 Å². The largest absolute Gasteiger partial charge is 0.433 e. The van der Waals surface area contributed by atoms with Crippen molar-refractivity contribution in [2.75, 3.05) is 13.2 Å². The summed E-state index contributed by atoms with van der Waals surface area (Å²) in [7, 11) is 0. The Kier molecular flexibility index (Phi) is 5.13. The highest BCUT2D eigenvalue weighted by molar-refractivity contribution is 6.01. The molecule has 0 bridgehead atoms. The van der Waals surface area contributed by atoms with Crippen molar-refractivity contribution in [3.05, 3.63) is 58.8 Å². The predicted octanol–water partition coefficient (Wildman–Crippen LogP) is 2.74. The molecule has 0 spiro atoms. The number of aromatic nitrogens is 4. The minimum Gasteiger partial charge on any atom is -0.388 e. The highest BCUT2D eigenvalue weighted by atomic mass is 19.4. The van der Waals surface area contributed by atoms with Crippen LogP contribution in [0.4, 0.5) is 13.2 Å². The van der Waals surface area contributed by atoms with E-state index in [1.807, 2.05) is 6.20 Å². The van der Waals surface area contributed by atoms with E-state index in [2.05, 4.69) is 20.4 Å². The Bertz CT molecular complexity index is 1210. The maximum atomic E-state index is 13.4. The monoisotopic (exact) mass is 461 g/mol. The van der Waals surface area contributed by atoms with Crippen molar-refractivity contribution in [3.8, 4) is 0 Å². The van der Waals surface area contributed by atoms with Crippen molar-refractivity contribution in [2.45, 2.75) is 49.9 Å². The SMILES string of the molecule is Cc1nn2cc(C3CC3)cnc2c1C(=O)N[C@@]1(c2ccc(C(F)(F)F)nc2)CCOC[C@H]1O. The number of alkyl halides is 3. The van der Waals surface area contributed by atoms with Crippen LogP contribution in [0.1, 0.15) is 58.1 Å². The van der Waals surface area contributed by atoms with E-state index in [0.29, 0.717) is 17.3 Å². The van der Waals surface area contributed by atoms with Crippen LogP contribution in [0.25, 0.3) is 5.65 Å². The summed E-state index contributed by atoms with van der Waals surface area (Å²) in [5, 5.41) is 18.1. The fourth-order valence-electron chi connectivity index (χ4n) is 4.33. The fourth-order valence-corrected chi connectivity index (χ4v) is 4.33. The first-order chi connectivity index (χ1) is 15.7. The molecule has 4 heterocycles. The molecule has 1 amide bonds. The summed E-state index contributed by atoms with van der Waals surface area (Å²) in [6.45, 7) is 1.81. The van der Waals surface area contributed by atoms with Crippen LogP contribution in [0.3, 0.4) is 0 Å². The summed E-state index contributed by atoms with van der Waals surface area (Å²) in [6, 6.07) is 2.07. The summed E-state index contributed by atoms with van der Waals surface area (Å²) in [6.07, 6.45) is 1.22. The van der Waals surface area contributed by atoms with Crippen molar-refractivity contribution < 1.29 is 27.8 Å². The van der Waals surface area contributed by atoms with Gasteiger partial charge in [0.15, 0.2) is 5.65 Å². The summed E-state index contributed by atoms with van der Waals surface area (Å²) >= 11 is 0. The lowest BCUT2D eigenvalue weighted by molar-refractivity contribution is -0.141. The number of aliphatic hydroxyl groups excluding tert-OH is 1. The van der Waals surface area contributed by atoms with Gasteiger partial charge in [-0.1, -0.05) is 6.07 Å². The number of hydrogen-bond acceptors (Lipinski definition) is 6. The quantitative estimate of drug-likeness (QED) is 0.620. The van der Waals surface area contributed by atoms with Crippen LogP contribution in [0.15, 0.2) is 30.7 Å². The lowest BCUT2D eigenvalue weighted by Gasteiger charge is -2.42. The Hall–Kier alpha value is -3.05. The maximum Gasteiger partial charge on any atom is 0.433 e. The molecule has 1 aliphatic carbocycles. The van der Waals surface area contributed by atoms with Crippen LogP contribution in [-0.2, 0) is 16.5 Å². The number of pyridine rings is 1. The zero-order chi connectivity index (χ0) is 23.4. The number of rotatable bonds is 4. The van der Waals surface area contributed by atoms with Crippen molar-refractivity contribution in [1.29, 1.82) is 0 Å². The van der Waals surface area contributed by atoms with Gasteiger partial charge in [0.25, 0.3) is 5.91 Å². The molecule has 3 aromatic rings. The second-order valence-corrected chi connectivity index (χ2v) is 8.59. The Labute approximate surface area is 186 Å². The van der Waals surface area contributed by atoms with Crippen LogP contribution >= 0.6 is 0 Å². The van der Waals surface area contributed by atoms with Gasteiger partial charge >= 0.3 is 6.18 Å². The van der Waals surface area contributed by atoms with Gasteiger partial charge < -0.3 is 15.2 Å². The number of carbonyl (C=O) groups is 1. The number of ether oxygens (including phenoxy) is 1. The van der Waals surface area contributed by atoms with Gasteiger partial charge in [-0.2, -0.15) is 18.3 Å². The second kappa shape index (κ2) is 7.77. The number of aryl methyl sites for hydroxylation is 1. The topological polar surface area (TPSA) is 102 Å². The highest BCUT2D eigenvalue weighted by Gasteiger charge is 2.45. The van der Waals surface area contributed by atoms with E-state index in [4.69, 9.17) is 4.74 Å². The Morgan fingerprint density at radius 3 is 2.70 bits per heavy atom. The molecule has 2 fully saturated rings. The van der Waals surface area contributed by atoms with E-state index in [0.717, 1.165) is 30.7 Å². The normalized spacial score (nSPS) is 23.6. The number of fused-ring (bicyclic) bond motifs is 1. The van der Waals surface area contributed by atoms with Gasteiger partial charge in [-0.25, -0.2) is 9.50 Å². The summed E-state index contributed by atoms with van der Waals surface area (Å²) in [5.41, 5.74) is -0.0337. The average molecular weight is 461 g/mol. The van der Waals surface area contributed by atoms with E-state index in [1.165, 1.54) is 6.07 Å². The Morgan fingerprint density at radius 2 is 2.06 bits per heavy atom. The first-order valence-corrected chi connectivity index (χ1v) is 10.7. The third-order valence-corrected chi connectivity index (χ3v) is 6.33. The number of amides is 1. The van der Waals surface area contributed by atoms with Crippen molar-refractivity contribution in [2.24, 2.45) is 0 Å². The molecule has 0 aromatic carbocycles. The minimum absolute atomic E-state index is 0.0853. The Morgan fingerprint density at radius 1 is 1.27 bits per heavy atom. The summed E-state index contributed by atoms with van der Waals surface area (Å²) in [5.74, 6) is -0.0634. The molecule has 2 aliphatic rings.